The fourth-order valence-corrected chi connectivity index (χ4v) is 2.79. The van der Waals surface area contributed by atoms with E-state index in [0.717, 1.165) is 17.0 Å². The van der Waals surface area contributed by atoms with Crippen LogP contribution in [-0.2, 0) is 4.79 Å². The molecule has 32 heavy (non-hydrogen) atoms. The van der Waals surface area contributed by atoms with Gasteiger partial charge in [0.25, 0.3) is 0 Å². The van der Waals surface area contributed by atoms with E-state index in [-0.39, 0.29) is 12.5 Å². The van der Waals surface area contributed by atoms with Gasteiger partial charge in [-0.15, -0.1) is 0 Å². The minimum absolute atomic E-state index is 0.122. The van der Waals surface area contributed by atoms with Gasteiger partial charge in [-0.25, -0.2) is 0 Å². The van der Waals surface area contributed by atoms with Gasteiger partial charge in [-0.2, -0.15) is 0 Å². The number of carbonyl (C=O) groups excluding carboxylic acids is 1. The Bertz CT molecular complexity index is 1020. The number of ether oxygens (including phenoxy) is 3. The van der Waals surface area contributed by atoms with Crippen LogP contribution in [0.5, 0.6) is 17.2 Å². The first-order valence-corrected chi connectivity index (χ1v) is 10.4. The third-order valence-corrected chi connectivity index (χ3v) is 4.25. The molecular weight excluding hydrogens is 404 g/mol. The van der Waals surface area contributed by atoms with Crippen LogP contribution in [0.1, 0.15) is 6.92 Å². The zero-order chi connectivity index (χ0) is 22.6. The predicted molar refractivity (Wildman–Crippen MR) is 128 cm³/mol. The Morgan fingerprint density at radius 2 is 1.38 bits per heavy atom. The first kappa shape index (κ1) is 22.7. The molecule has 3 rings (SSSR count). The number of rotatable bonds is 12. The molecule has 0 aromatic heterocycles. The lowest BCUT2D eigenvalue weighted by Gasteiger charge is -2.12. The van der Waals surface area contributed by atoms with Gasteiger partial charge in [0, 0.05) is 23.5 Å². The number of benzene rings is 3. The van der Waals surface area contributed by atoms with Crippen molar-refractivity contribution >= 4 is 17.3 Å². The second-order valence-electron chi connectivity index (χ2n) is 7.21. The number of hydrogen-bond donors (Lipinski definition) is 2. The molecule has 0 heterocycles. The highest BCUT2D eigenvalue weighted by molar-refractivity contribution is 5.93. The molecule has 0 aliphatic heterocycles. The fraction of sp³-hybridized carbons (Fsp3) is 0.192. The van der Waals surface area contributed by atoms with E-state index in [9.17, 15) is 4.79 Å². The summed E-state index contributed by atoms with van der Waals surface area (Å²) in [5.74, 6) is 2.03. The van der Waals surface area contributed by atoms with Gasteiger partial charge in [-0.05, 0) is 48.9 Å². The van der Waals surface area contributed by atoms with Crippen LogP contribution < -0.4 is 24.8 Å². The normalized spacial score (nSPS) is 10.2. The molecule has 0 aliphatic carbocycles. The highest BCUT2D eigenvalue weighted by Crippen LogP contribution is 2.19. The predicted octanol–water partition coefficient (Wildman–Crippen LogP) is 5.15. The molecule has 0 spiro atoms. The van der Waals surface area contributed by atoms with Crippen molar-refractivity contribution in [2.45, 2.75) is 6.92 Å². The largest absolute Gasteiger partial charge is 0.490 e. The Morgan fingerprint density at radius 3 is 2.09 bits per heavy atom. The molecule has 0 saturated carbocycles. The lowest BCUT2D eigenvalue weighted by atomic mass is 10.3. The highest BCUT2D eigenvalue weighted by Gasteiger charge is 2.05. The third kappa shape index (κ3) is 8.07. The maximum Gasteiger partial charge on any atom is 0.243 e. The number of carbonyl (C=O) groups is 1. The smallest absolute Gasteiger partial charge is 0.243 e. The quantitative estimate of drug-likeness (QED) is 0.306. The zero-order valence-electron chi connectivity index (χ0n) is 18.2. The van der Waals surface area contributed by atoms with Crippen LogP contribution in [0.4, 0.5) is 11.4 Å². The summed E-state index contributed by atoms with van der Waals surface area (Å²) in [7, 11) is 0. The van der Waals surface area contributed by atoms with E-state index in [1.54, 1.807) is 6.07 Å². The summed E-state index contributed by atoms with van der Waals surface area (Å²) < 4.78 is 17.0. The minimum Gasteiger partial charge on any atom is -0.490 e. The number of amides is 1. The van der Waals surface area contributed by atoms with E-state index >= 15 is 0 Å². The van der Waals surface area contributed by atoms with Gasteiger partial charge in [-0.3, -0.25) is 4.79 Å². The molecule has 1 amide bonds. The maximum absolute atomic E-state index is 12.3. The molecule has 6 heteroatoms. The van der Waals surface area contributed by atoms with Crippen molar-refractivity contribution in [3.8, 4) is 17.2 Å². The summed E-state index contributed by atoms with van der Waals surface area (Å²) in [5.41, 5.74) is 2.39. The lowest BCUT2D eigenvalue weighted by molar-refractivity contribution is -0.114. The third-order valence-electron chi connectivity index (χ3n) is 4.25. The van der Waals surface area contributed by atoms with Crippen molar-refractivity contribution in [2.24, 2.45) is 0 Å². The highest BCUT2D eigenvalue weighted by atomic mass is 16.5. The van der Waals surface area contributed by atoms with E-state index in [4.69, 9.17) is 14.2 Å². The number of anilines is 2. The molecule has 0 bridgehead atoms. The molecule has 0 saturated heterocycles. The molecule has 166 valence electrons. The van der Waals surface area contributed by atoms with E-state index in [0.29, 0.717) is 37.0 Å². The molecule has 0 radical (unpaired) electrons. The molecule has 6 nitrogen and oxygen atoms in total. The Balaban J connectivity index is 1.42. The molecular formula is C26H28N2O4. The fourth-order valence-electron chi connectivity index (χ4n) is 2.79. The lowest BCUT2D eigenvalue weighted by Crippen LogP contribution is -2.21. The van der Waals surface area contributed by atoms with Crippen LogP contribution in [0.3, 0.4) is 0 Å². The van der Waals surface area contributed by atoms with Crippen molar-refractivity contribution in [3.05, 3.63) is 91.0 Å². The van der Waals surface area contributed by atoms with Gasteiger partial charge >= 0.3 is 0 Å². The van der Waals surface area contributed by atoms with Crippen molar-refractivity contribution in [2.75, 3.05) is 37.0 Å². The van der Waals surface area contributed by atoms with Crippen LogP contribution in [-0.4, -0.2) is 32.3 Å². The van der Waals surface area contributed by atoms with Gasteiger partial charge in [-0.1, -0.05) is 36.9 Å². The Morgan fingerprint density at radius 1 is 0.781 bits per heavy atom. The van der Waals surface area contributed by atoms with Gasteiger partial charge in [0.1, 0.15) is 37.1 Å². The van der Waals surface area contributed by atoms with Gasteiger partial charge < -0.3 is 24.8 Å². The summed E-state index contributed by atoms with van der Waals surface area (Å²) in [6, 6.07) is 24.3. The van der Waals surface area contributed by atoms with Gasteiger partial charge in [0.05, 0.1) is 6.54 Å². The molecule has 3 aromatic rings. The van der Waals surface area contributed by atoms with Crippen molar-refractivity contribution < 1.29 is 19.0 Å². The van der Waals surface area contributed by atoms with Gasteiger partial charge in [0.2, 0.25) is 5.91 Å². The zero-order valence-corrected chi connectivity index (χ0v) is 18.2. The maximum atomic E-state index is 12.3. The summed E-state index contributed by atoms with van der Waals surface area (Å²) >= 11 is 0. The second-order valence-corrected chi connectivity index (χ2v) is 7.21. The monoisotopic (exact) mass is 432 g/mol. The van der Waals surface area contributed by atoms with E-state index < -0.39 is 0 Å². The average molecular weight is 433 g/mol. The second kappa shape index (κ2) is 12.1. The number of nitrogens with one attached hydrogen (secondary N) is 2. The van der Waals surface area contributed by atoms with E-state index in [2.05, 4.69) is 17.2 Å². The Kier molecular flexibility index (Phi) is 8.57. The van der Waals surface area contributed by atoms with E-state index in [1.165, 1.54) is 0 Å². The minimum atomic E-state index is -0.162. The number of para-hydroxylation sites is 1. The molecule has 0 fully saturated rings. The van der Waals surface area contributed by atoms with Crippen molar-refractivity contribution in [1.29, 1.82) is 0 Å². The van der Waals surface area contributed by atoms with Crippen LogP contribution >= 0.6 is 0 Å². The van der Waals surface area contributed by atoms with Crippen LogP contribution in [0.15, 0.2) is 91.0 Å². The molecule has 3 aromatic carbocycles. The SMILES string of the molecule is C=C(C)COc1cccc(NC(=O)CNc2cccc(OCCOc3ccccc3)c2)c1. The van der Waals surface area contributed by atoms with Crippen LogP contribution in [0, 0.1) is 0 Å². The topological polar surface area (TPSA) is 68.8 Å². The van der Waals surface area contributed by atoms with Crippen molar-refractivity contribution in [1.82, 2.24) is 0 Å². The Labute approximate surface area is 188 Å². The average Bonchev–Trinajstić information content (AvgIpc) is 2.80. The number of hydrogen-bond acceptors (Lipinski definition) is 5. The standard InChI is InChI=1S/C26H28N2O4/c1-20(2)19-32-25-13-7-9-22(17-25)28-26(29)18-27-21-8-6-12-24(16-21)31-15-14-30-23-10-4-3-5-11-23/h3-13,16-17,27H,1,14-15,18-19H2,2H3,(H,28,29). The molecule has 0 unspecified atom stereocenters. The first-order valence-electron chi connectivity index (χ1n) is 10.4. The summed E-state index contributed by atoms with van der Waals surface area (Å²) in [5, 5.41) is 5.97. The summed E-state index contributed by atoms with van der Waals surface area (Å²) in [4.78, 5) is 12.3. The Hall–Kier alpha value is -3.93. The molecule has 0 aliphatic rings. The van der Waals surface area contributed by atoms with Crippen LogP contribution in [0.25, 0.3) is 0 Å². The molecule has 0 atom stereocenters. The molecule has 2 N–H and O–H groups in total. The summed E-state index contributed by atoms with van der Waals surface area (Å²) in [6.07, 6.45) is 0. The first-order chi connectivity index (χ1) is 15.6. The van der Waals surface area contributed by atoms with Crippen molar-refractivity contribution in [3.63, 3.8) is 0 Å². The van der Waals surface area contributed by atoms with Gasteiger partial charge in [0.15, 0.2) is 0 Å². The summed E-state index contributed by atoms with van der Waals surface area (Å²) in [6.45, 7) is 7.14. The van der Waals surface area contributed by atoms with Crippen LogP contribution in [0.2, 0.25) is 0 Å². The van der Waals surface area contributed by atoms with E-state index in [1.807, 2.05) is 79.7 Å².